The van der Waals surface area contributed by atoms with Gasteiger partial charge in [-0.3, -0.25) is 0 Å². The summed E-state index contributed by atoms with van der Waals surface area (Å²) in [5.41, 5.74) is 0.350. The molecule has 3 rings (SSSR count). The Morgan fingerprint density at radius 1 is 1.04 bits per heavy atom. The average Bonchev–Trinajstić information content (AvgIpc) is 2.56. The topological polar surface area (TPSA) is 69.7 Å². The lowest BCUT2D eigenvalue weighted by atomic mass is 10.2. The van der Waals surface area contributed by atoms with Gasteiger partial charge in [0.15, 0.2) is 9.84 Å². The average molecular weight is 348 g/mol. The molecule has 0 fully saturated rings. The zero-order valence-electron chi connectivity index (χ0n) is 12.4. The fraction of sp³-hybridized carbons (Fsp3) is 0.118. The highest BCUT2D eigenvalue weighted by Gasteiger charge is 2.34. The third-order valence-corrected chi connectivity index (χ3v) is 5.11. The van der Waals surface area contributed by atoms with E-state index in [9.17, 15) is 17.6 Å². The highest BCUT2D eigenvalue weighted by atomic mass is 32.2. The van der Waals surface area contributed by atoms with Crippen LogP contribution in [0.5, 0.6) is 5.75 Å². The Morgan fingerprint density at radius 2 is 1.71 bits per heavy atom. The van der Waals surface area contributed by atoms with E-state index in [2.05, 4.69) is 0 Å². The summed E-state index contributed by atoms with van der Waals surface area (Å²) in [6, 6.07) is 13.0. The summed E-state index contributed by atoms with van der Waals surface area (Å²) < 4.78 is 48.1. The van der Waals surface area contributed by atoms with Gasteiger partial charge in [0.1, 0.15) is 23.1 Å². The first-order chi connectivity index (χ1) is 11.5. The molecule has 0 saturated carbocycles. The number of carbonyl (C=O) groups is 1. The summed E-state index contributed by atoms with van der Waals surface area (Å²) in [7, 11) is -3.68. The molecule has 1 aliphatic heterocycles. The fourth-order valence-corrected chi connectivity index (χ4v) is 3.70. The van der Waals surface area contributed by atoms with Crippen molar-refractivity contribution < 1.29 is 27.1 Å². The lowest BCUT2D eigenvalue weighted by Crippen LogP contribution is -2.27. The minimum Gasteiger partial charge on any atom is -0.485 e. The molecule has 0 spiro atoms. The summed E-state index contributed by atoms with van der Waals surface area (Å²) >= 11 is 0. The molecule has 0 saturated heterocycles. The second-order valence-electron chi connectivity index (χ2n) is 5.04. The first kappa shape index (κ1) is 16.2. The molecule has 0 radical (unpaired) electrons. The second kappa shape index (κ2) is 6.45. The Balaban J connectivity index is 2.02. The second-order valence-corrected chi connectivity index (χ2v) is 7.08. The van der Waals surface area contributed by atoms with E-state index in [1.54, 1.807) is 30.3 Å². The molecular weight excluding hydrogens is 335 g/mol. The summed E-state index contributed by atoms with van der Waals surface area (Å²) in [6.45, 7) is -0.132. The van der Waals surface area contributed by atoms with Gasteiger partial charge in [-0.2, -0.15) is 0 Å². The van der Waals surface area contributed by atoms with Gasteiger partial charge in [-0.25, -0.2) is 17.6 Å². The van der Waals surface area contributed by atoms with Crippen LogP contribution in [0.3, 0.4) is 0 Å². The van der Waals surface area contributed by atoms with Gasteiger partial charge in [0.05, 0.1) is 5.75 Å². The molecule has 0 unspecified atom stereocenters. The molecule has 0 aromatic heterocycles. The van der Waals surface area contributed by atoms with E-state index < -0.39 is 21.6 Å². The fourth-order valence-electron chi connectivity index (χ4n) is 2.27. The number of sulfone groups is 1. The molecule has 0 bridgehead atoms. The number of esters is 1. The van der Waals surface area contributed by atoms with Crippen molar-refractivity contribution in [2.45, 2.75) is 0 Å². The lowest BCUT2D eigenvalue weighted by Gasteiger charge is -2.20. The molecule has 0 amide bonds. The van der Waals surface area contributed by atoms with Crippen molar-refractivity contribution in [3.8, 4) is 5.75 Å². The van der Waals surface area contributed by atoms with Crippen LogP contribution < -0.4 is 4.74 Å². The first-order valence-electron chi connectivity index (χ1n) is 7.10. The van der Waals surface area contributed by atoms with Crippen molar-refractivity contribution in [1.29, 1.82) is 0 Å². The predicted octanol–water partition coefficient (Wildman–Crippen LogP) is 2.54. The van der Waals surface area contributed by atoms with Crippen molar-refractivity contribution in [3.63, 3.8) is 0 Å². The van der Waals surface area contributed by atoms with Crippen molar-refractivity contribution in [2.75, 3.05) is 12.4 Å². The van der Waals surface area contributed by atoms with Crippen LogP contribution in [0.15, 0.2) is 60.4 Å². The number of hydrogen-bond donors (Lipinski definition) is 0. The lowest BCUT2D eigenvalue weighted by molar-refractivity contribution is -0.133. The monoisotopic (exact) mass is 348 g/mol. The number of hydrogen-bond acceptors (Lipinski definition) is 5. The summed E-state index contributed by atoms with van der Waals surface area (Å²) in [6.07, 6.45) is 0. The van der Waals surface area contributed by atoms with Crippen molar-refractivity contribution in [3.05, 3.63) is 71.7 Å². The van der Waals surface area contributed by atoms with E-state index in [0.29, 0.717) is 5.56 Å². The largest absolute Gasteiger partial charge is 0.485 e. The number of carbonyl (C=O) groups excluding carboxylic acids is 1. The zero-order valence-corrected chi connectivity index (χ0v) is 13.3. The van der Waals surface area contributed by atoms with E-state index in [1.165, 1.54) is 12.1 Å². The van der Waals surface area contributed by atoms with Gasteiger partial charge in [0, 0.05) is 0 Å². The highest BCUT2D eigenvalue weighted by Crippen LogP contribution is 2.30. The SMILES string of the molecule is O=C(Oc1ccc(F)cc1)C1=C(c2ccccc2)S(=O)(=O)CCO1. The van der Waals surface area contributed by atoms with Gasteiger partial charge in [-0.1, -0.05) is 30.3 Å². The zero-order chi connectivity index (χ0) is 17.2. The van der Waals surface area contributed by atoms with Crippen LogP contribution in [0, 0.1) is 5.82 Å². The Morgan fingerprint density at radius 3 is 2.38 bits per heavy atom. The normalized spacial score (nSPS) is 16.4. The van der Waals surface area contributed by atoms with Crippen LogP contribution in [-0.4, -0.2) is 26.7 Å². The number of rotatable bonds is 3. The first-order valence-corrected chi connectivity index (χ1v) is 8.75. The molecular formula is C17H13FO5S. The smallest absolute Gasteiger partial charge is 0.380 e. The maximum atomic E-state index is 12.9. The van der Waals surface area contributed by atoms with Crippen LogP contribution in [-0.2, 0) is 19.4 Å². The number of ether oxygens (including phenoxy) is 2. The summed E-state index contributed by atoms with van der Waals surface area (Å²) in [4.78, 5) is 12.2. The molecule has 1 heterocycles. The third kappa shape index (κ3) is 3.30. The van der Waals surface area contributed by atoms with Gasteiger partial charge in [0.25, 0.3) is 0 Å². The number of halogens is 1. The van der Waals surface area contributed by atoms with Gasteiger partial charge in [-0.15, -0.1) is 0 Å². The number of benzene rings is 2. The van der Waals surface area contributed by atoms with Crippen molar-refractivity contribution in [2.24, 2.45) is 0 Å². The van der Waals surface area contributed by atoms with Gasteiger partial charge >= 0.3 is 5.97 Å². The Bertz CT molecular complexity index is 886. The molecule has 124 valence electrons. The molecule has 2 aromatic carbocycles. The Hall–Kier alpha value is -2.67. The van der Waals surface area contributed by atoms with Crippen LogP contribution in [0.2, 0.25) is 0 Å². The van der Waals surface area contributed by atoms with E-state index >= 15 is 0 Å². The van der Waals surface area contributed by atoms with Gasteiger partial charge < -0.3 is 9.47 Å². The molecule has 0 N–H and O–H groups in total. The molecule has 7 heteroatoms. The van der Waals surface area contributed by atoms with E-state index in [1.807, 2.05) is 0 Å². The minimum atomic E-state index is -3.68. The maximum absolute atomic E-state index is 12.9. The van der Waals surface area contributed by atoms with E-state index in [-0.39, 0.29) is 28.8 Å². The van der Waals surface area contributed by atoms with Crippen LogP contribution in [0.1, 0.15) is 5.56 Å². The standard InChI is InChI=1S/C17H13FO5S/c18-13-6-8-14(9-7-13)23-17(19)15-16(12-4-2-1-3-5-12)24(20,21)11-10-22-15/h1-9H,10-11H2. The highest BCUT2D eigenvalue weighted by molar-refractivity contribution is 8.00. The molecule has 5 nitrogen and oxygen atoms in total. The van der Waals surface area contributed by atoms with Gasteiger partial charge in [0.2, 0.25) is 5.76 Å². The summed E-state index contributed by atoms with van der Waals surface area (Å²) in [5, 5.41) is 0. The Kier molecular flexibility index (Phi) is 4.35. The maximum Gasteiger partial charge on any atom is 0.380 e. The van der Waals surface area contributed by atoms with E-state index in [4.69, 9.17) is 9.47 Å². The quantitative estimate of drug-likeness (QED) is 0.630. The Labute approximate surface area is 138 Å². The molecule has 0 aliphatic carbocycles. The van der Waals surface area contributed by atoms with Crippen LogP contribution >= 0.6 is 0 Å². The summed E-state index contributed by atoms with van der Waals surface area (Å²) in [5.74, 6) is -1.91. The van der Waals surface area contributed by atoms with Crippen molar-refractivity contribution in [1.82, 2.24) is 0 Å². The molecule has 24 heavy (non-hydrogen) atoms. The molecule has 0 atom stereocenters. The molecule has 1 aliphatic rings. The molecule has 2 aromatic rings. The van der Waals surface area contributed by atoms with Crippen LogP contribution in [0.25, 0.3) is 4.91 Å². The van der Waals surface area contributed by atoms with E-state index in [0.717, 1.165) is 12.1 Å². The third-order valence-electron chi connectivity index (χ3n) is 3.36. The minimum absolute atomic E-state index is 0.0906. The predicted molar refractivity (Wildman–Crippen MR) is 85.1 cm³/mol. The van der Waals surface area contributed by atoms with Gasteiger partial charge in [-0.05, 0) is 29.8 Å². The van der Waals surface area contributed by atoms with Crippen molar-refractivity contribution >= 4 is 20.7 Å². The van der Waals surface area contributed by atoms with Crippen LogP contribution in [0.4, 0.5) is 4.39 Å².